The van der Waals surface area contributed by atoms with Crippen LogP contribution in [0.1, 0.15) is 16.8 Å². The summed E-state index contributed by atoms with van der Waals surface area (Å²) >= 11 is 4.81. The van der Waals surface area contributed by atoms with Crippen LogP contribution in [0.2, 0.25) is 0 Å². The highest BCUT2D eigenvalue weighted by Gasteiger charge is 2.06. The van der Waals surface area contributed by atoms with E-state index in [9.17, 15) is 4.79 Å². The van der Waals surface area contributed by atoms with E-state index in [1.165, 1.54) is 17.6 Å². The first kappa shape index (κ1) is 12.3. The van der Waals surface area contributed by atoms with Crippen molar-refractivity contribution >= 4 is 33.2 Å². The van der Waals surface area contributed by atoms with E-state index in [2.05, 4.69) is 27.8 Å². The first-order chi connectivity index (χ1) is 7.24. The molecule has 0 aromatic carbocycles. The van der Waals surface area contributed by atoms with E-state index in [1.807, 2.05) is 5.38 Å². The molecule has 0 aliphatic rings. The number of rotatable bonds is 6. The molecule has 0 spiro atoms. The van der Waals surface area contributed by atoms with Crippen molar-refractivity contribution in [1.29, 1.82) is 0 Å². The van der Waals surface area contributed by atoms with E-state index >= 15 is 0 Å². The van der Waals surface area contributed by atoms with Crippen LogP contribution in [0.15, 0.2) is 28.1 Å². The zero-order chi connectivity index (χ0) is 11.1. The van der Waals surface area contributed by atoms with Crippen LogP contribution in [-0.2, 0) is 4.74 Å². The SMILES string of the molecule is C=COCCCNC(=O)c1csc(Br)c1. The Kier molecular flexibility index (Phi) is 5.42. The minimum Gasteiger partial charge on any atom is -0.502 e. The number of hydrogen-bond donors (Lipinski definition) is 1. The van der Waals surface area contributed by atoms with Gasteiger partial charge >= 0.3 is 0 Å². The van der Waals surface area contributed by atoms with Gasteiger partial charge in [0.05, 0.1) is 22.2 Å². The van der Waals surface area contributed by atoms with Crippen LogP contribution in [0.25, 0.3) is 0 Å². The predicted octanol–water partition coefficient (Wildman–Crippen LogP) is 2.79. The highest BCUT2D eigenvalue weighted by atomic mass is 79.9. The quantitative estimate of drug-likeness (QED) is 0.646. The number of hydrogen-bond acceptors (Lipinski definition) is 3. The van der Waals surface area contributed by atoms with Crippen molar-refractivity contribution in [2.75, 3.05) is 13.2 Å². The third-order valence-electron chi connectivity index (χ3n) is 1.67. The minimum atomic E-state index is -0.0458. The molecule has 3 nitrogen and oxygen atoms in total. The maximum atomic E-state index is 11.5. The van der Waals surface area contributed by atoms with Crippen molar-refractivity contribution in [1.82, 2.24) is 5.32 Å². The lowest BCUT2D eigenvalue weighted by molar-refractivity contribution is 0.0951. The second-order valence-electron chi connectivity index (χ2n) is 2.79. The molecule has 15 heavy (non-hydrogen) atoms. The lowest BCUT2D eigenvalue weighted by atomic mass is 10.3. The van der Waals surface area contributed by atoms with Gasteiger partial charge in [0.1, 0.15) is 0 Å². The van der Waals surface area contributed by atoms with E-state index in [1.54, 1.807) is 6.07 Å². The Morgan fingerprint density at radius 2 is 2.53 bits per heavy atom. The lowest BCUT2D eigenvalue weighted by Crippen LogP contribution is -2.24. The molecule has 0 saturated heterocycles. The summed E-state index contributed by atoms with van der Waals surface area (Å²) in [5, 5.41) is 4.62. The topological polar surface area (TPSA) is 38.3 Å². The van der Waals surface area contributed by atoms with Crippen molar-refractivity contribution in [3.63, 3.8) is 0 Å². The number of nitrogens with one attached hydrogen (secondary N) is 1. The van der Waals surface area contributed by atoms with Crippen LogP contribution in [0.3, 0.4) is 0 Å². The van der Waals surface area contributed by atoms with Crippen molar-refractivity contribution in [3.05, 3.63) is 33.6 Å². The Morgan fingerprint density at radius 3 is 3.13 bits per heavy atom. The Morgan fingerprint density at radius 1 is 1.73 bits per heavy atom. The first-order valence-electron chi connectivity index (χ1n) is 4.49. The molecule has 1 N–H and O–H groups in total. The van der Waals surface area contributed by atoms with Gasteiger partial charge in [-0.25, -0.2) is 0 Å². The third kappa shape index (κ3) is 4.48. The number of amides is 1. The van der Waals surface area contributed by atoms with Crippen LogP contribution < -0.4 is 5.32 Å². The summed E-state index contributed by atoms with van der Waals surface area (Å²) in [6.07, 6.45) is 2.18. The maximum Gasteiger partial charge on any atom is 0.252 e. The highest BCUT2D eigenvalue weighted by Crippen LogP contribution is 2.20. The highest BCUT2D eigenvalue weighted by molar-refractivity contribution is 9.11. The fourth-order valence-electron chi connectivity index (χ4n) is 0.972. The van der Waals surface area contributed by atoms with Crippen molar-refractivity contribution in [2.24, 2.45) is 0 Å². The molecule has 0 aliphatic carbocycles. The van der Waals surface area contributed by atoms with E-state index in [0.29, 0.717) is 18.7 Å². The molecule has 5 heteroatoms. The van der Waals surface area contributed by atoms with Gasteiger partial charge in [0.25, 0.3) is 5.91 Å². The van der Waals surface area contributed by atoms with Gasteiger partial charge in [-0.2, -0.15) is 0 Å². The summed E-state index contributed by atoms with van der Waals surface area (Å²) in [6, 6.07) is 1.81. The van der Waals surface area contributed by atoms with Crippen LogP contribution >= 0.6 is 27.3 Å². The molecule has 0 fully saturated rings. The molecule has 1 rings (SSSR count). The van der Waals surface area contributed by atoms with Gasteiger partial charge in [0.15, 0.2) is 0 Å². The molecule has 82 valence electrons. The first-order valence-corrected chi connectivity index (χ1v) is 6.16. The molecule has 0 unspecified atom stereocenters. The van der Waals surface area contributed by atoms with Crippen molar-refractivity contribution in [3.8, 4) is 0 Å². The summed E-state index contributed by atoms with van der Waals surface area (Å²) in [5.41, 5.74) is 0.691. The van der Waals surface area contributed by atoms with Gasteiger partial charge in [-0.15, -0.1) is 11.3 Å². The summed E-state index contributed by atoms with van der Waals surface area (Å²) in [5.74, 6) is -0.0458. The predicted molar refractivity (Wildman–Crippen MR) is 65.1 cm³/mol. The Hall–Kier alpha value is -0.810. The maximum absolute atomic E-state index is 11.5. The molecule has 0 atom stereocenters. The third-order valence-corrected chi connectivity index (χ3v) is 3.18. The molecule has 0 aliphatic heterocycles. The Balaban J connectivity index is 2.22. The van der Waals surface area contributed by atoms with Gasteiger partial charge in [0.2, 0.25) is 0 Å². The largest absolute Gasteiger partial charge is 0.502 e. The normalized spacial score (nSPS) is 9.67. The molecule has 0 bridgehead atoms. The molecule has 1 amide bonds. The fraction of sp³-hybridized carbons (Fsp3) is 0.300. The van der Waals surface area contributed by atoms with Crippen molar-refractivity contribution in [2.45, 2.75) is 6.42 Å². The molecule has 1 heterocycles. The molecule has 0 radical (unpaired) electrons. The van der Waals surface area contributed by atoms with Crippen LogP contribution in [-0.4, -0.2) is 19.1 Å². The van der Waals surface area contributed by atoms with Gasteiger partial charge in [0, 0.05) is 11.9 Å². The second kappa shape index (κ2) is 6.63. The fourth-order valence-corrected chi connectivity index (χ4v) is 2.11. The molecule has 1 aromatic heterocycles. The van der Waals surface area contributed by atoms with Crippen LogP contribution in [0, 0.1) is 0 Å². The van der Waals surface area contributed by atoms with Crippen molar-refractivity contribution < 1.29 is 9.53 Å². The van der Waals surface area contributed by atoms with Gasteiger partial charge in [-0.3, -0.25) is 4.79 Å². The number of ether oxygens (including phenoxy) is 1. The number of carbonyl (C=O) groups is 1. The number of thiophene rings is 1. The van der Waals surface area contributed by atoms with Gasteiger partial charge in [-0.1, -0.05) is 6.58 Å². The smallest absolute Gasteiger partial charge is 0.252 e. The molecule has 1 aromatic rings. The zero-order valence-electron chi connectivity index (χ0n) is 8.16. The van der Waals surface area contributed by atoms with E-state index in [-0.39, 0.29) is 5.91 Å². The van der Waals surface area contributed by atoms with E-state index in [0.717, 1.165) is 10.2 Å². The van der Waals surface area contributed by atoms with Gasteiger partial charge < -0.3 is 10.1 Å². The molecular formula is C10H12BrNO2S. The van der Waals surface area contributed by atoms with E-state index < -0.39 is 0 Å². The van der Waals surface area contributed by atoms with E-state index in [4.69, 9.17) is 4.74 Å². The molecule has 0 saturated carbocycles. The van der Waals surface area contributed by atoms with Crippen LogP contribution in [0.4, 0.5) is 0 Å². The summed E-state index contributed by atoms with van der Waals surface area (Å²) < 4.78 is 5.89. The lowest BCUT2D eigenvalue weighted by Gasteiger charge is -2.03. The number of halogens is 1. The summed E-state index contributed by atoms with van der Waals surface area (Å²) in [6.45, 7) is 4.62. The average Bonchev–Trinajstić information content (AvgIpc) is 2.64. The monoisotopic (exact) mass is 289 g/mol. The average molecular weight is 290 g/mol. The second-order valence-corrected chi connectivity index (χ2v) is 5.08. The summed E-state index contributed by atoms with van der Waals surface area (Å²) in [7, 11) is 0. The minimum absolute atomic E-state index is 0.0458. The number of carbonyl (C=O) groups excluding carboxylic acids is 1. The summed E-state index contributed by atoms with van der Waals surface area (Å²) in [4.78, 5) is 11.5. The van der Waals surface area contributed by atoms with Crippen LogP contribution in [0.5, 0.6) is 0 Å². The zero-order valence-corrected chi connectivity index (χ0v) is 10.6. The standard InChI is InChI=1S/C10H12BrNO2S/c1-2-14-5-3-4-12-10(13)8-6-9(11)15-7-8/h2,6-7H,1,3-5H2,(H,12,13). The van der Waals surface area contributed by atoms with Gasteiger partial charge in [-0.05, 0) is 28.4 Å². The Bertz CT molecular complexity index is 338. The Labute approximate surface area is 101 Å². The molecular weight excluding hydrogens is 278 g/mol.